The molecule has 1 aromatic heterocycles. The van der Waals surface area contributed by atoms with Crippen molar-refractivity contribution in [3.63, 3.8) is 0 Å². The number of nitrogens with zero attached hydrogens (tertiary/aromatic N) is 2. The second kappa shape index (κ2) is 14.2. The Morgan fingerprint density at radius 2 is 2.00 bits per heavy atom. The Labute approximate surface area is 185 Å². The monoisotopic (exact) mass is 429 g/mol. The number of aliphatic imine (C=N–C) groups is 1. The van der Waals surface area contributed by atoms with Crippen molar-refractivity contribution in [2.45, 2.75) is 26.5 Å². The van der Waals surface area contributed by atoms with Gasteiger partial charge in [0.15, 0.2) is 5.96 Å². The summed E-state index contributed by atoms with van der Waals surface area (Å²) in [6.45, 7) is 6.59. The van der Waals surface area contributed by atoms with Crippen LogP contribution in [0.2, 0.25) is 0 Å². The fourth-order valence-corrected chi connectivity index (χ4v) is 2.77. The highest BCUT2D eigenvalue weighted by Gasteiger charge is 2.06. The van der Waals surface area contributed by atoms with Gasteiger partial charge >= 0.3 is 0 Å². The van der Waals surface area contributed by atoms with E-state index in [1.807, 2.05) is 62.3 Å². The van der Waals surface area contributed by atoms with Crippen LogP contribution in [0.25, 0.3) is 0 Å². The number of benzene rings is 1. The van der Waals surface area contributed by atoms with E-state index in [4.69, 9.17) is 9.15 Å². The van der Waals surface area contributed by atoms with Gasteiger partial charge in [0.25, 0.3) is 5.91 Å². The van der Waals surface area contributed by atoms with E-state index in [1.54, 1.807) is 6.26 Å². The molecule has 0 fully saturated rings. The van der Waals surface area contributed by atoms with Crippen molar-refractivity contribution < 1.29 is 13.9 Å². The molecule has 8 heteroatoms. The van der Waals surface area contributed by atoms with Gasteiger partial charge in [-0.15, -0.1) is 0 Å². The predicted octanol–water partition coefficient (Wildman–Crippen LogP) is 2.23. The van der Waals surface area contributed by atoms with E-state index < -0.39 is 0 Å². The molecule has 0 saturated carbocycles. The Bertz CT molecular complexity index is 790. The first-order chi connectivity index (χ1) is 15.1. The summed E-state index contributed by atoms with van der Waals surface area (Å²) in [4.78, 5) is 19.0. The molecule has 2 rings (SSSR count). The largest absolute Gasteiger partial charge is 0.467 e. The van der Waals surface area contributed by atoms with Gasteiger partial charge in [0.2, 0.25) is 0 Å². The third-order valence-corrected chi connectivity index (χ3v) is 4.38. The maximum absolute atomic E-state index is 12.3. The molecule has 0 atom stereocenters. The van der Waals surface area contributed by atoms with Gasteiger partial charge in [-0.05, 0) is 57.3 Å². The van der Waals surface area contributed by atoms with E-state index in [2.05, 4.69) is 20.9 Å². The molecule has 1 amide bonds. The van der Waals surface area contributed by atoms with Crippen LogP contribution >= 0.6 is 0 Å². The zero-order valence-electron chi connectivity index (χ0n) is 18.8. The van der Waals surface area contributed by atoms with Gasteiger partial charge in [0.1, 0.15) is 12.4 Å². The smallest absolute Gasteiger partial charge is 0.251 e. The molecule has 0 radical (unpaired) electrons. The number of carbonyl (C=O) groups excluding carboxylic acids is 1. The summed E-state index contributed by atoms with van der Waals surface area (Å²) in [6, 6.07) is 11.3. The fourth-order valence-electron chi connectivity index (χ4n) is 2.77. The minimum Gasteiger partial charge on any atom is -0.467 e. The number of guanidine groups is 1. The van der Waals surface area contributed by atoms with Crippen LogP contribution in [-0.4, -0.2) is 63.6 Å². The normalized spacial score (nSPS) is 11.5. The van der Waals surface area contributed by atoms with Gasteiger partial charge in [0, 0.05) is 38.3 Å². The number of hydrogen-bond donors (Lipinski definition) is 3. The quantitative estimate of drug-likeness (QED) is 0.257. The van der Waals surface area contributed by atoms with Crippen molar-refractivity contribution in [2.75, 3.05) is 46.9 Å². The zero-order valence-corrected chi connectivity index (χ0v) is 18.8. The molecule has 2 aromatic rings. The highest BCUT2D eigenvalue weighted by molar-refractivity contribution is 5.94. The Balaban J connectivity index is 1.76. The first kappa shape index (κ1) is 24.4. The van der Waals surface area contributed by atoms with Crippen LogP contribution in [-0.2, 0) is 17.9 Å². The molecule has 170 valence electrons. The van der Waals surface area contributed by atoms with Gasteiger partial charge in [0.05, 0.1) is 12.8 Å². The van der Waals surface area contributed by atoms with E-state index in [0.29, 0.717) is 31.9 Å². The second-order valence-corrected chi connectivity index (χ2v) is 7.37. The lowest BCUT2D eigenvalue weighted by atomic mass is 10.1. The molecule has 1 heterocycles. The summed E-state index contributed by atoms with van der Waals surface area (Å²) in [7, 11) is 3.96. The van der Waals surface area contributed by atoms with Crippen LogP contribution in [0, 0.1) is 0 Å². The Kier molecular flexibility index (Phi) is 11.2. The molecule has 0 spiro atoms. The van der Waals surface area contributed by atoms with Gasteiger partial charge in [-0.1, -0.05) is 12.1 Å². The molecule has 0 bridgehead atoms. The van der Waals surface area contributed by atoms with E-state index in [1.165, 1.54) is 0 Å². The lowest BCUT2D eigenvalue weighted by Gasteiger charge is -2.12. The number of carbonyl (C=O) groups is 1. The molecule has 0 unspecified atom stereocenters. The first-order valence-corrected chi connectivity index (χ1v) is 10.7. The van der Waals surface area contributed by atoms with Crippen LogP contribution in [0.3, 0.4) is 0 Å². The average Bonchev–Trinajstić information content (AvgIpc) is 3.27. The molecule has 0 saturated heterocycles. The Morgan fingerprint density at radius 1 is 1.13 bits per heavy atom. The van der Waals surface area contributed by atoms with Gasteiger partial charge < -0.3 is 30.0 Å². The van der Waals surface area contributed by atoms with Crippen molar-refractivity contribution in [2.24, 2.45) is 4.99 Å². The van der Waals surface area contributed by atoms with Crippen LogP contribution in [0.1, 0.15) is 35.0 Å². The maximum Gasteiger partial charge on any atom is 0.251 e. The van der Waals surface area contributed by atoms with Crippen molar-refractivity contribution in [3.05, 3.63) is 59.5 Å². The molecule has 0 aliphatic heterocycles. The number of nitrogens with one attached hydrogen (secondary N) is 3. The SMILES string of the molecule is CCNC(=NCc1cccc(C(=O)NCCN(C)C)c1)NCCCOCc1ccco1. The minimum atomic E-state index is -0.0627. The van der Waals surface area contributed by atoms with Crippen LogP contribution in [0.5, 0.6) is 0 Å². The minimum absolute atomic E-state index is 0.0627. The average molecular weight is 430 g/mol. The summed E-state index contributed by atoms with van der Waals surface area (Å²) in [5.41, 5.74) is 1.64. The molecular formula is C23H35N5O3. The van der Waals surface area contributed by atoms with E-state index >= 15 is 0 Å². The van der Waals surface area contributed by atoms with Gasteiger partial charge in [-0.2, -0.15) is 0 Å². The Morgan fingerprint density at radius 3 is 2.74 bits per heavy atom. The van der Waals surface area contributed by atoms with Crippen LogP contribution in [0.15, 0.2) is 52.1 Å². The molecule has 0 aliphatic rings. The van der Waals surface area contributed by atoms with E-state index in [0.717, 1.165) is 43.3 Å². The standard InChI is InChI=1S/C23H35N5O3/c1-4-24-23(26-11-7-14-30-18-21-10-6-15-31-21)27-17-19-8-5-9-20(16-19)22(29)25-12-13-28(2)3/h5-6,8-10,15-16H,4,7,11-14,17-18H2,1-3H3,(H,25,29)(H2,24,26,27). The summed E-state index contributed by atoms with van der Waals surface area (Å²) in [5, 5.41) is 9.49. The molecule has 31 heavy (non-hydrogen) atoms. The molecule has 3 N–H and O–H groups in total. The lowest BCUT2D eigenvalue weighted by Crippen LogP contribution is -2.38. The van der Waals surface area contributed by atoms with Crippen molar-refractivity contribution in [1.29, 1.82) is 0 Å². The summed E-state index contributed by atoms with van der Waals surface area (Å²) in [6.07, 6.45) is 2.50. The van der Waals surface area contributed by atoms with E-state index in [-0.39, 0.29) is 5.91 Å². The maximum atomic E-state index is 12.3. The van der Waals surface area contributed by atoms with Crippen molar-refractivity contribution >= 4 is 11.9 Å². The topological polar surface area (TPSA) is 91.1 Å². The fraction of sp³-hybridized carbons (Fsp3) is 0.478. The lowest BCUT2D eigenvalue weighted by molar-refractivity contribution is 0.0951. The molecule has 0 aliphatic carbocycles. The number of hydrogen-bond acceptors (Lipinski definition) is 5. The number of likely N-dealkylation sites (N-methyl/N-ethyl adjacent to an activating group) is 1. The van der Waals surface area contributed by atoms with Gasteiger partial charge in [-0.3, -0.25) is 4.79 Å². The molecule has 1 aromatic carbocycles. The van der Waals surface area contributed by atoms with Crippen molar-refractivity contribution in [1.82, 2.24) is 20.9 Å². The third-order valence-electron chi connectivity index (χ3n) is 4.38. The highest BCUT2D eigenvalue weighted by atomic mass is 16.5. The van der Waals surface area contributed by atoms with Crippen LogP contribution < -0.4 is 16.0 Å². The number of amides is 1. The molecule has 8 nitrogen and oxygen atoms in total. The third kappa shape index (κ3) is 10.1. The number of furan rings is 1. The Hall–Kier alpha value is -2.84. The number of rotatable bonds is 13. The summed E-state index contributed by atoms with van der Waals surface area (Å²) >= 11 is 0. The number of ether oxygens (including phenoxy) is 1. The van der Waals surface area contributed by atoms with E-state index in [9.17, 15) is 4.79 Å². The zero-order chi connectivity index (χ0) is 22.3. The second-order valence-electron chi connectivity index (χ2n) is 7.37. The predicted molar refractivity (Wildman–Crippen MR) is 123 cm³/mol. The van der Waals surface area contributed by atoms with Gasteiger partial charge in [-0.25, -0.2) is 4.99 Å². The summed E-state index contributed by atoms with van der Waals surface area (Å²) < 4.78 is 10.8. The van der Waals surface area contributed by atoms with Crippen molar-refractivity contribution in [3.8, 4) is 0 Å². The molecular weight excluding hydrogens is 394 g/mol. The first-order valence-electron chi connectivity index (χ1n) is 10.7. The summed E-state index contributed by atoms with van der Waals surface area (Å²) in [5.74, 6) is 1.51. The highest BCUT2D eigenvalue weighted by Crippen LogP contribution is 2.07. The van der Waals surface area contributed by atoms with Crippen LogP contribution in [0.4, 0.5) is 0 Å².